The summed E-state index contributed by atoms with van der Waals surface area (Å²) in [5.74, 6) is 0.140. The molecule has 0 unspecified atom stereocenters. The Hall–Kier alpha value is -1.06. The largest absolute Gasteiger partial charge is 0.359 e. The van der Waals surface area contributed by atoms with Gasteiger partial charge >= 0.3 is 0 Å². The second kappa shape index (κ2) is 6.64. The van der Waals surface area contributed by atoms with Gasteiger partial charge in [-0.3, -0.25) is 9.59 Å². The average Bonchev–Trinajstić information content (AvgIpc) is 2.03. The zero-order valence-electron chi connectivity index (χ0n) is 7.67. The van der Waals surface area contributed by atoms with Crippen molar-refractivity contribution < 1.29 is 9.59 Å². The summed E-state index contributed by atoms with van der Waals surface area (Å²) in [6.07, 6.45) is 2.93. The number of rotatable bonds is 6. The van der Waals surface area contributed by atoms with Gasteiger partial charge in [-0.2, -0.15) is 0 Å². The quantitative estimate of drug-likeness (QED) is 0.452. The van der Waals surface area contributed by atoms with E-state index in [0.29, 0.717) is 19.4 Å². The van der Waals surface area contributed by atoms with Gasteiger partial charge in [0.1, 0.15) is 0 Å². The topological polar surface area (TPSA) is 49.4 Å². The summed E-state index contributed by atoms with van der Waals surface area (Å²) in [7, 11) is 3.48. The minimum absolute atomic E-state index is 0.140. The van der Waals surface area contributed by atoms with Crippen molar-refractivity contribution in [3.05, 3.63) is 0 Å². The second-order valence-electron chi connectivity index (χ2n) is 2.82. The van der Waals surface area contributed by atoms with E-state index in [1.54, 1.807) is 19.0 Å². The summed E-state index contributed by atoms with van der Waals surface area (Å²) in [5, 5.41) is 2.55. The first kappa shape index (κ1) is 10.9. The predicted molar refractivity (Wildman–Crippen MR) is 46.6 cm³/mol. The molecule has 0 aromatic heterocycles. The lowest BCUT2D eigenvalue weighted by molar-refractivity contribution is -0.128. The van der Waals surface area contributed by atoms with Crippen molar-refractivity contribution in [3.63, 3.8) is 0 Å². The van der Waals surface area contributed by atoms with E-state index in [-0.39, 0.29) is 5.91 Å². The molecule has 0 bridgehead atoms. The summed E-state index contributed by atoms with van der Waals surface area (Å²) < 4.78 is 0. The Morgan fingerprint density at radius 1 is 1.42 bits per heavy atom. The fraction of sp³-hybridized carbons (Fsp3) is 0.750. The highest BCUT2D eigenvalue weighted by Gasteiger charge is 2.01. The van der Waals surface area contributed by atoms with Crippen LogP contribution in [0.3, 0.4) is 0 Å². The summed E-state index contributed by atoms with van der Waals surface area (Å²) in [6, 6.07) is 0. The van der Waals surface area contributed by atoms with E-state index in [0.717, 1.165) is 12.8 Å². The Morgan fingerprint density at radius 2 is 2.08 bits per heavy atom. The molecule has 70 valence electrons. The minimum atomic E-state index is 0.140. The van der Waals surface area contributed by atoms with E-state index in [1.165, 1.54) is 0 Å². The van der Waals surface area contributed by atoms with Crippen LogP contribution in [-0.2, 0) is 9.59 Å². The summed E-state index contributed by atoms with van der Waals surface area (Å²) in [6.45, 7) is 0.657. The van der Waals surface area contributed by atoms with Crippen molar-refractivity contribution in [2.75, 3.05) is 20.6 Å². The number of carbonyl (C=O) groups is 2. The Morgan fingerprint density at radius 3 is 2.58 bits per heavy atom. The van der Waals surface area contributed by atoms with E-state index in [1.807, 2.05) is 0 Å². The molecule has 4 heteroatoms. The molecule has 2 amide bonds. The van der Waals surface area contributed by atoms with Gasteiger partial charge in [0.25, 0.3) is 0 Å². The van der Waals surface area contributed by atoms with Crippen LogP contribution in [-0.4, -0.2) is 37.9 Å². The Balaban J connectivity index is 3.19. The average molecular weight is 172 g/mol. The zero-order chi connectivity index (χ0) is 9.40. The minimum Gasteiger partial charge on any atom is -0.359 e. The monoisotopic (exact) mass is 172 g/mol. The maximum absolute atomic E-state index is 11.0. The van der Waals surface area contributed by atoms with Gasteiger partial charge in [0.2, 0.25) is 12.3 Å². The maximum Gasteiger partial charge on any atom is 0.222 e. The molecule has 0 fully saturated rings. The molecule has 0 saturated carbocycles. The summed E-state index contributed by atoms with van der Waals surface area (Å²) in [5.41, 5.74) is 0. The highest BCUT2D eigenvalue weighted by atomic mass is 16.2. The fourth-order valence-electron chi connectivity index (χ4n) is 0.786. The van der Waals surface area contributed by atoms with Crippen LogP contribution in [0, 0.1) is 0 Å². The molecule has 0 rings (SSSR count). The lowest BCUT2D eigenvalue weighted by Gasteiger charge is -2.09. The van der Waals surface area contributed by atoms with Crippen molar-refractivity contribution in [2.45, 2.75) is 19.3 Å². The zero-order valence-corrected chi connectivity index (χ0v) is 7.67. The molecule has 0 aliphatic heterocycles. The molecule has 0 aliphatic carbocycles. The lowest BCUT2D eigenvalue weighted by atomic mass is 10.2. The molecular weight excluding hydrogens is 156 g/mol. The third kappa shape index (κ3) is 5.70. The number of hydrogen-bond donors (Lipinski definition) is 1. The van der Waals surface area contributed by atoms with Crippen LogP contribution in [0.5, 0.6) is 0 Å². The van der Waals surface area contributed by atoms with Crippen LogP contribution in [0.15, 0.2) is 0 Å². The fourth-order valence-corrected chi connectivity index (χ4v) is 0.786. The maximum atomic E-state index is 11.0. The van der Waals surface area contributed by atoms with Gasteiger partial charge < -0.3 is 10.2 Å². The molecule has 0 aliphatic rings. The lowest BCUT2D eigenvalue weighted by Crippen LogP contribution is -2.21. The van der Waals surface area contributed by atoms with Crippen LogP contribution >= 0.6 is 0 Å². The van der Waals surface area contributed by atoms with E-state index < -0.39 is 0 Å². The SMILES string of the molecule is CN(C)C(=O)CCCCNC=O. The normalized spacial score (nSPS) is 9.17. The number of hydrogen-bond acceptors (Lipinski definition) is 2. The first-order chi connectivity index (χ1) is 5.68. The van der Waals surface area contributed by atoms with Crippen molar-refractivity contribution >= 4 is 12.3 Å². The Labute approximate surface area is 72.9 Å². The molecule has 4 nitrogen and oxygen atoms in total. The van der Waals surface area contributed by atoms with E-state index in [9.17, 15) is 9.59 Å². The van der Waals surface area contributed by atoms with E-state index in [2.05, 4.69) is 5.32 Å². The third-order valence-electron chi connectivity index (χ3n) is 1.54. The number of carbonyl (C=O) groups excluding carboxylic acids is 2. The molecule has 0 heterocycles. The van der Waals surface area contributed by atoms with Gasteiger partial charge in [-0.25, -0.2) is 0 Å². The first-order valence-electron chi connectivity index (χ1n) is 4.05. The van der Waals surface area contributed by atoms with Gasteiger partial charge in [0, 0.05) is 27.1 Å². The Kier molecular flexibility index (Phi) is 6.05. The molecular formula is C8H16N2O2. The van der Waals surface area contributed by atoms with E-state index in [4.69, 9.17) is 0 Å². The van der Waals surface area contributed by atoms with Gasteiger partial charge in [-0.05, 0) is 12.8 Å². The number of nitrogens with zero attached hydrogens (tertiary/aromatic N) is 1. The second-order valence-corrected chi connectivity index (χ2v) is 2.82. The van der Waals surface area contributed by atoms with Crippen LogP contribution < -0.4 is 5.32 Å². The number of nitrogens with one attached hydrogen (secondary N) is 1. The van der Waals surface area contributed by atoms with Crippen molar-refractivity contribution in [1.29, 1.82) is 0 Å². The van der Waals surface area contributed by atoms with Gasteiger partial charge in [-0.15, -0.1) is 0 Å². The molecule has 0 radical (unpaired) electrons. The van der Waals surface area contributed by atoms with Crippen molar-refractivity contribution in [3.8, 4) is 0 Å². The molecule has 0 atom stereocenters. The molecule has 0 aromatic carbocycles. The first-order valence-corrected chi connectivity index (χ1v) is 4.05. The highest BCUT2D eigenvalue weighted by molar-refractivity contribution is 5.75. The summed E-state index contributed by atoms with van der Waals surface area (Å²) in [4.78, 5) is 22.4. The highest BCUT2D eigenvalue weighted by Crippen LogP contribution is 1.96. The summed E-state index contributed by atoms with van der Waals surface area (Å²) >= 11 is 0. The molecule has 0 aromatic rings. The smallest absolute Gasteiger partial charge is 0.222 e. The molecule has 0 spiro atoms. The van der Waals surface area contributed by atoms with Crippen LogP contribution in [0.1, 0.15) is 19.3 Å². The predicted octanol–water partition coefficient (Wildman–Crippen LogP) is -0.00910. The van der Waals surface area contributed by atoms with Gasteiger partial charge in [0.15, 0.2) is 0 Å². The number of amides is 2. The van der Waals surface area contributed by atoms with Crippen molar-refractivity contribution in [1.82, 2.24) is 10.2 Å². The standard InChI is InChI=1S/C8H16N2O2/c1-10(2)8(12)5-3-4-6-9-7-11/h7H,3-6H2,1-2H3,(H,9,11). The van der Waals surface area contributed by atoms with Crippen molar-refractivity contribution in [2.24, 2.45) is 0 Å². The molecule has 1 N–H and O–H groups in total. The molecule has 12 heavy (non-hydrogen) atoms. The third-order valence-corrected chi connectivity index (χ3v) is 1.54. The van der Waals surface area contributed by atoms with Gasteiger partial charge in [-0.1, -0.05) is 0 Å². The van der Waals surface area contributed by atoms with Crippen LogP contribution in [0.25, 0.3) is 0 Å². The van der Waals surface area contributed by atoms with Crippen LogP contribution in [0.2, 0.25) is 0 Å². The number of unbranched alkanes of at least 4 members (excludes halogenated alkanes) is 1. The Bertz CT molecular complexity index is 146. The van der Waals surface area contributed by atoms with Gasteiger partial charge in [0.05, 0.1) is 0 Å². The van der Waals surface area contributed by atoms with E-state index >= 15 is 0 Å². The van der Waals surface area contributed by atoms with Crippen LogP contribution in [0.4, 0.5) is 0 Å². The molecule has 0 saturated heterocycles.